The van der Waals surface area contributed by atoms with Crippen molar-refractivity contribution in [1.29, 1.82) is 0 Å². The molecule has 29 heavy (non-hydrogen) atoms. The maximum atomic E-state index is 13.5. The minimum Gasteiger partial charge on any atom is -0.478 e. The summed E-state index contributed by atoms with van der Waals surface area (Å²) in [5.41, 5.74) is -0.636. The fourth-order valence-electron chi connectivity index (χ4n) is 2.88. The molecule has 1 amide bonds. The number of aromatic carboxylic acids is 1. The average molecular weight is 403 g/mol. The van der Waals surface area contributed by atoms with Gasteiger partial charge in [0.1, 0.15) is 5.56 Å². The van der Waals surface area contributed by atoms with E-state index in [9.17, 15) is 22.8 Å². The topological polar surface area (TPSA) is 75.4 Å². The van der Waals surface area contributed by atoms with Gasteiger partial charge < -0.3 is 10.0 Å². The maximum absolute atomic E-state index is 13.5. The van der Waals surface area contributed by atoms with Crippen LogP contribution in [0, 0.1) is 0 Å². The van der Waals surface area contributed by atoms with Crippen LogP contribution in [0.25, 0.3) is 16.8 Å². The van der Waals surface area contributed by atoms with Crippen molar-refractivity contribution < 1.29 is 27.9 Å². The number of rotatable bonds is 4. The summed E-state index contributed by atoms with van der Waals surface area (Å²) < 4.78 is 40.9. The molecule has 150 valence electrons. The van der Waals surface area contributed by atoms with Gasteiger partial charge in [-0.25, -0.2) is 9.48 Å². The first-order valence-corrected chi connectivity index (χ1v) is 8.40. The maximum Gasteiger partial charge on any atom is 0.434 e. The molecule has 1 heterocycles. The van der Waals surface area contributed by atoms with Gasteiger partial charge in [-0.2, -0.15) is 18.3 Å². The van der Waals surface area contributed by atoms with E-state index >= 15 is 0 Å². The Bertz CT molecular complexity index is 1090. The first kappa shape index (κ1) is 20.1. The van der Waals surface area contributed by atoms with Gasteiger partial charge in [-0.3, -0.25) is 4.79 Å². The predicted molar refractivity (Wildman–Crippen MR) is 99.0 cm³/mol. The number of carbonyl (C=O) groups excluding carboxylic acids is 1. The molecular formula is C20H16F3N3O3. The smallest absolute Gasteiger partial charge is 0.434 e. The number of nitrogens with zero attached hydrogens (tertiary/aromatic N) is 3. The number of hydrogen-bond acceptors (Lipinski definition) is 3. The Labute approximate surface area is 163 Å². The van der Waals surface area contributed by atoms with Gasteiger partial charge >= 0.3 is 12.1 Å². The molecule has 0 fully saturated rings. The Balaban J connectivity index is 2.10. The molecule has 2 aromatic carbocycles. The summed E-state index contributed by atoms with van der Waals surface area (Å²) in [6, 6.07) is 12.7. The zero-order chi connectivity index (χ0) is 21.3. The van der Waals surface area contributed by atoms with Crippen LogP contribution in [-0.4, -0.2) is 45.8 Å². The Morgan fingerprint density at radius 3 is 2.24 bits per heavy atom. The highest BCUT2D eigenvalue weighted by Crippen LogP contribution is 2.34. The van der Waals surface area contributed by atoms with Crippen LogP contribution in [0.3, 0.4) is 0 Å². The molecule has 0 spiro atoms. The Kier molecular flexibility index (Phi) is 5.15. The molecule has 0 saturated heterocycles. The number of carboxylic acid groups (broad SMARTS) is 1. The molecule has 0 unspecified atom stereocenters. The van der Waals surface area contributed by atoms with E-state index in [1.165, 1.54) is 23.1 Å². The molecule has 0 aliphatic carbocycles. The van der Waals surface area contributed by atoms with Crippen molar-refractivity contribution in [3.63, 3.8) is 0 Å². The monoisotopic (exact) mass is 403 g/mol. The van der Waals surface area contributed by atoms with E-state index in [1.807, 2.05) is 0 Å². The number of amides is 1. The number of halogens is 3. The third kappa shape index (κ3) is 3.98. The average Bonchev–Trinajstić information content (AvgIpc) is 3.13. The Morgan fingerprint density at radius 1 is 1.03 bits per heavy atom. The van der Waals surface area contributed by atoms with E-state index in [-0.39, 0.29) is 11.6 Å². The number of hydrogen-bond donors (Lipinski definition) is 1. The van der Waals surface area contributed by atoms with E-state index < -0.39 is 23.4 Å². The van der Waals surface area contributed by atoms with E-state index in [0.717, 1.165) is 0 Å². The lowest BCUT2D eigenvalue weighted by Crippen LogP contribution is -2.21. The van der Waals surface area contributed by atoms with Crippen LogP contribution in [0.5, 0.6) is 0 Å². The molecule has 1 aromatic heterocycles. The van der Waals surface area contributed by atoms with Crippen molar-refractivity contribution >= 4 is 11.9 Å². The second kappa shape index (κ2) is 7.42. The summed E-state index contributed by atoms with van der Waals surface area (Å²) in [4.78, 5) is 24.8. The quantitative estimate of drug-likeness (QED) is 0.716. The van der Waals surface area contributed by atoms with Gasteiger partial charge in [-0.05, 0) is 35.4 Å². The molecule has 6 nitrogen and oxygen atoms in total. The number of aromatic nitrogens is 2. The van der Waals surface area contributed by atoms with Crippen LogP contribution in [0.15, 0.2) is 54.7 Å². The molecule has 9 heteroatoms. The van der Waals surface area contributed by atoms with Crippen molar-refractivity contribution in [2.75, 3.05) is 14.1 Å². The van der Waals surface area contributed by atoms with Crippen LogP contribution >= 0.6 is 0 Å². The molecule has 0 aliphatic rings. The Hall–Kier alpha value is -3.62. The molecule has 0 saturated carbocycles. The molecular weight excluding hydrogens is 387 g/mol. The normalized spacial score (nSPS) is 11.3. The van der Waals surface area contributed by atoms with E-state index in [0.29, 0.717) is 27.6 Å². The zero-order valence-electron chi connectivity index (χ0n) is 15.4. The van der Waals surface area contributed by atoms with Crippen molar-refractivity contribution in [1.82, 2.24) is 14.7 Å². The highest BCUT2D eigenvalue weighted by atomic mass is 19.4. The fourth-order valence-corrected chi connectivity index (χ4v) is 2.88. The van der Waals surface area contributed by atoms with Crippen molar-refractivity contribution in [3.8, 4) is 16.8 Å². The van der Waals surface area contributed by atoms with Gasteiger partial charge in [-0.15, -0.1) is 0 Å². The predicted octanol–water partition coefficient (Wildman–Crippen LogP) is 3.96. The van der Waals surface area contributed by atoms with Crippen LogP contribution in [-0.2, 0) is 6.18 Å². The molecule has 3 rings (SSSR count). The molecule has 1 N–H and O–H groups in total. The third-order valence-electron chi connectivity index (χ3n) is 4.21. The van der Waals surface area contributed by atoms with Crippen LogP contribution in [0.2, 0.25) is 0 Å². The molecule has 0 aliphatic heterocycles. The SMILES string of the molecule is CN(C)C(=O)c1cccc(-c2cccc(-n3ncc(C(=O)O)c3C(F)(F)F)c2)c1. The summed E-state index contributed by atoms with van der Waals surface area (Å²) in [5.74, 6) is -1.92. The van der Waals surface area contributed by atoms with Crippen LogP contribution in [0.1, 0.15) is 26.4 Å². The van der Waals surface area contributed by atoms with Gasteiger partial charge in [0.25, 0.3) is 5.91 Å². The number of carbonyl (C=O) groups is 2. The van der Waals surface area contributed by atoms with Gasteiger partial charge in [0.15, 0.2) is 5.69 Å². The number of alkyl halides is 3. The van der Waals surface area contributed by atoms with Crippen molar-refractivity contribution in [2.45, 2.75) is 6.18 Å². The minimum atomic E-state index is -4.90. The van der Waals surface area contributed by atoms with Crippen LogP contribution in [0.4, 0.5) is 13.2 Å². The molecule has 0 bridgehead atoms. The summed E-state index contributed by atoms with van der Waals surface area (Å²) in [6.45, 7) is 0. The third-order valence-corrected chi connectivity index (χ3v) is 4.21. The van der Waals surface area contributed by atoms with Gasteiger partial charge in [-0.1, -0.05) is 24.3 Å². The van der Waals surface area contributed by atoms with Gasteiger partial charge in [0.2, 0.25) is 0 Å². The minimum absolute atomic E-state index is 0.0478. The summed E-state index contributed by atoms with van der Waals surface area (Å²) in [6.07, 6.45) is -4.23. The van der Waals surface area contributed by atoms with Gasteiger partial charge in [0.05, 0.1) is 11.9 Å². The fraction of sp³-hybridized carbons (Fsp3) is 0.150. The first-order chi connectivity index (χ1) is 13.6. The second-order valence-corrected chi connectivity index (χ2v) is 6.45. The van der Waals surface area contributed by atoms with E-state index in [2.05, 4.69) is 5.10 Å². The zero-order valence-corrected chi connectivity index (χ0v) is 15.4. The number of benzene rings is 2. The van der Waals surface area contributed by atoms with Crippen LogP contribution < -0.4 is 0 Å². The molecule has 3 aromatic rings. The summed E-state index contributed by atoms with van der Waals surface area (Å²) in [7, 11) is 3.23. The molecule has 0 radical (unpaired) electrons. The summed E-state index contributed by atoms with van der Waals surface area (Å²) >= 11 is 0. The Morgan fingerprint density at radius 2 is 1.66 bits per heavy atom. The highest BCUT2D eigenvalue weighted by molar-refractivity contribution is 5.95. The second-order valence-electron chi connectivity index (χ2n) is 6.45. The van der Waals surface area contributed by atoms with E-state index in [1.54, 1.807) is 44.4 Å². The lowest BCUT2D eigenvalue weighted by Gasteiger charge is -2.13. The van der Waals surface area contributed by atoms with Crippen molar-refractivity contribution in [2.24, 2.45) is 0 Å². The lowest BCUT2D eigenvalue weighted by molar-refractivity contribution is -0.143. The number of carboxylic acids is 1. The van der Waals surface area contributed by atoms with E-state index in [4.69, 9.17) is 5.11 Å². The van der Waals surface area contributed by atoms with Crippen molar-refractivity contribution in [3.05, 3.63) is 71.5 Å². The standard InChI is InChI=1S/C20H16F3N3O3/c1-25(2)18(27)14-7-3-5-12(9-14)13-6-4-8-15(10-13)26-17(20(21,22)23)16(11-24-26)19(28)29/h3-11H,1-2H3,(H,28,29). The van der Waals surface area contributed by atoms with Gasteiger partial charge in [0, 0.05) is 19.7 Å². The summed E-state index contributed by atoms with van der Waals surface area (Å²) in [5, 5.41) is 12.7. The highest BCUT2D eigenvalue weighted by Gasteiger charge is 2.40. The largest absolute Gasteiger partial charge is 0.478 e. The lowest BCUT2D eigenvalue weighted by atomic mass is 10.0. The first-order valence-electron chi connectivity index (χ1n) is 8.40. The molecule has 0 atom stereocenters.